The van der Waals surface area contributed by atoms with Crippen LogP contribution in [0.15, 0.2) is 83.3 Å². The maximum atomic E-state index is 13.0. The summed E-state index contributed by atoms with van der Waals surface area (Å²) in [4.78, 5) is 8.31. The SMILES string of the molecule is C=C(O)[C@H](Cc1nc2ccccc2[nH]1)CS(=O)(=O)c1ccc(C#Cc2ccccc2)s1. The molecule has 4 aromatic rings. The molecule has 2 aromatic heterocycles. The maximum absolute atomic E-state index is 13.0. The van der Waals surface area contributed by atoms with Gasteiger partial charge in [0.25, 0.3) is 0 Å². The maximum Gasteiger partial charge on any atom is 0.188 e. The number of para-hydroxylation sites is 2. The number of aromatic amines is 1. The molecule has 7 heteroatoms. The number of nitrogens with one attached hydrogen (secondary N) is 1. The van der Waals surface area contributed by atoms with Crippen LogP contribution in [0.3, 0.4) is 0 Å². The van der Waals surface area contributed by atoms with Crippen LogP contribution in [0.4, 0.5) is 0 Å². The average Bonchev–Trinajstić information content (AvgIpc) is 3.39. The van der Waals surface area contributed by atoms with E-state index in [4.69, 9.17) is 0 Å². The zero-order valence-electron chi connectivity index (χ0n) is 16.6. The lowest BCUT2D eigenvalue weighted by Crippen LogP contribution is -2.20. The van der Waals surface area contributed by atoms with Crippen molar-refractivity contribution in [2.75, 3.05) is 5.75 Å². The first kappa shape index (κ1) is 20.9. The molecule has 2 heterocycles. The molecule has 0 amide bonds. The van der Waals surface area contributed by atoms with Crippen molar-refractivity contribution in [3.8, 4) is 11.8 Å². The molecule has 0 fully saturated rings. The number of aliphatic hydroxyl groups excluding tert-OH is 1. The van der Waals surface area contributed by atoms with Crippen LogP contribution in [-0.2, 0) is 16.3 Å². The van der Waals surface area contributed by atoms with Crippen LogP contribution < -0.4 is 0 Å². The number of thiophene rings is 1. The first-order valence-corrected chi connectivity index (χ1v) is 12.1. The van der Waals surface area contributed by atoms with E-state index in [-0.39, 0.29) is 22.1 Å². The van der Waals surface area contributed by atoms with Crippen molar-refractivity contribution in [3.05, 3.63) is 95.3 Å². The number of aliphatic hydroxyl groups is 1. The molecule has 0 aliphatic heterocycles. The Bertz CT molecular complexity index is 1360. The van der Waals surface area contributed by atoms with Gasteiger partial charge in [-0.2, -0.15) is 0 Å². The van der Waals surface area contributed by atoms with Crippen molar-refractivity contribution in [1.82, 2.24) is 9.97 Å². The highest BCUT2D eigenvalue weighted by molar-refractivity contribution is 7.93. The monoisotopic (exact) mass is 448 g/mol. The summed E-state index contributed by atoms with van der Waals surface area (Å²) in [7, 11) is -3.63. The number of rotatable bonds is 6. The van der Waals surface area contributed by atoms with Gasteiger partial charge in [-0.15, -0.1) is 11.3 Å². The Hall–Kier alpha value is -3.34. The summed E-state index contributed by atoms with van der Waals surface area (Å²) in [6.07, 6.45) is 0.245. The lowest BCUT2D eigenvalue weighted by atomic mass is 10.1. The Balaban J connectivity index is 1.51. The van der Waals surface area contributed by atoms with Crippen LogP contribution in [0.1, 0.15) is 16.3 Å². The van der Waals surface area contributed by atoms with E-state index in [0.29, 0.717) is 10.7 Å². The summed E-state index contributed by atoms with van der Waals surface area (Å²) < 4.78 is 26.2. The first-order chi connectivity index (χ1) is 14.9. The lowest BCUT2D eigenvalue weighted by molar-refractivity contribution is 0.341. The zero-order valence-corrected chi connectivity index (χ0v) is 18.2. The highest BCUT2D eigenvalue weighted by Gasteiger charge is 2.26. The molecule has 2 N–H and O–H groups in total. The van der Waals surface area contributed by atoms with Crippen molar-refractivity contribution in [1.29, 1.82) is 0 Å². The fourth-order valence-corrected chi connectivity index (χ4v) is 6.02. The molecule has 0 radical (unpaired) electrons. The summed E-state index contributed by atoms with van der Waals surface area (Å²) in [6, 6.07) is 20.3. The molecule has 0 aliphatic rings. The molecule has 31 heavy (non-hydrogen) atoms. The number of H-pyrrole nitrogens is 1. The Kier molecular flexibility index (Phi) is 5.94. The lowest BCUT2D eigenvalue weighted by Gasteiger charge is -2.14. The van der Waals surface area contributed by atoms with Gasteiger partial charge in [-0.1, -0.05) is 48.8 Å². The minimum atomic E-state index is -3.63. The Morgan fingerprint density at radius 2 is 1.81 bits per heavy atom. The van der Waals surface area contributed by atoms with Crippen LogP contribution in [-0.4, -0.2) is 29.2 Å². The van der Waals surface area contributed by atoms with E-state index in [9.17, 15) is 13.5 Å². The molecule has 4 rings (SSSR count). The van der Waals surface area contributed by atoms with Gasteiger partial charge in [0, 0.05) is 17.9 Å². The van der Waals surface area contributed by atoms with Crippen molar-refractivity contribution >= 4 is 32.2 Å². The fourth-order valence-electron chi connectivity index (χ4n) is 3.17. The van der Waals surface area contributed by atoms with Gasteiger partial charge < -0.3 is 10.1 Å². The van der Waals surface area contributed by atoms with Crippen molar-refractivity contribution in [3.63, 3.8) is 0 Å². The van der Waals surface area contributed by atoms with Crippen molar-refractivity contribution in [2.45, 2.75) is 10.6 Å². The molecule has 0 saturated heterocycles. The summed E-state index contributed by atoms with van der Waals surface area (Å²) in [5.41, 5.74) is 2.52. The van der Waals surface area contributed by atoms with E-state index in [1.54, 1.807) is 12.1 Å². The number of aromatic nitrogens is 2. The van der Waals surface area contributed by atoms with Crippen molar-refractivity contribution < 1.29 is 13.5 Å². The van der Waals surface area contributed by atoms with Crippen LogP contribution >= 0.6 is 11.3 Å². The zero-order chi connectivity index (χ0) is 21.8. The molecule has 5 nitrogen and oxygen atoms in total. The second kappa shape index (κ2) is 8.80. The number of fused-ring (bicyclic) bond motifs is 1. The molecule has 156 valence electrons. The van der Waals surface area contributed by atoms with E-state index in [2.05, 4.69) is 28.4 Å². The Morgan fingerprint density at radius 1 is 1.06 bits per heavy atom. The van der Waals surface area contributed by atoms with Gasteiger partial charge in [0.2, 0.25) is 0 Å². The van der Waals surface area contributed by atoms with E-state index in [0.717, 1.165) is 27.9 Å². The molecular weight excluding hydrogens is 428 g/mol. The summed E-state index contributed by atoms with van der Waals surface area (Å²) >= 11 is 1.13. The molecule has 0 saturated carbocycles. The van der Waals surface area contributed by atoms with Gasteiger partial charge in [0.05, 0.1) is 27.4 Å². The van der Waals surface area contributed by atoms with Gasteiger partial charge >= 0.3 is 0 Å². The number of hydrogen-bond donors (Lipinski definition) is 2. The van der Waals surface area contributed by atoms with Crippen LogP contribution in [0.5, 0.6) is 0 Å². The minimum absolute atomic E-state index is 0.176. The number of sulfone groups is 1. The van der Waals surface area contributed by atoms with E-state index in [1.807, 2.05) is 54.6 Å². The highest BCUT2D eigenvalue weighted by atomic mass is 32.2. The normalized spacial score (nSPS) is 12.3. The van der Waals surface area contributed by atoms with Gasteiger partial charge in [-0.3, -0.25) is 0 Å². The highest BCUT2D eigenvalue weighted by Crippen LogP contribution is 2.26. The van der Waals surface area contributed by atoms with Gasteiger partial charge in [0.15, 0.2) is 9.84 Å². The summed E-state index contributed by atoms with van der Waals surface area (Å²) in [6.45, 7) is 3.58. The largest absolute Gasteiger partial charge is 0.513 e. The third kappa shape index (κ3) is 5.05. The number of imidazole rings is 1. The quantitative estimate of drug-likeness (QED) is 0.330. The average molecular weight is 449 g/mol. The van der Waals surface area contributed by atoms with Crippen LogP contribution in [0.2, 0.25) is 0 Å². The third-order valence-electron chi connectivity index (χ3n) is 4.76. The third-order valence-corrected chi connectivity index (χ3v) is 8.16. The predicted octanol–water partition coefficient (Wildman–Crippen LogP) is 4.73. The molecule has 2 aromatic carbocycles. The summed E-state index contributed by atoms with van der Waals surface area (Å²) in [5.74, 6) is 5.53. The van der Waals surface area contributed by atoms with Gasteiger partial charge in [0.1, 0.15) is 10.0 Å². The van der Waals surface area contributed by atoms with Gasteiger partial charge in [-0.05, 0) is 36.4 Å². The molecule has 0 spiro atoms. The molecule has 0 unspecified atom stereocenters. The number of benzene rings is 2. The summed E-state index contributed by atoms with van der Waals surface area (Å²) in [5, 5.41) is 10.1. The van der Waals surface area contributed by atoms with Crippen molar-refractivity contribution in [2.24, 2.45) is 5.92 Å². The standard InChI is InChI=1S/C24H20N2O3S2/c1-17(27)19(15-23-25-21-9-5-6-10-22(21)26-23)16-31(28,29)24-14-13-20(30-24)12-11-18-7-3-2-4-8-18/h2-10,13-14,19,27H,1,15-16H2,(H,25,26)/t19-/m1/s1. The van der Waals surface area contributed by atoms with Crippen LogP contribution in [0.25, 0.3) is 11.0 Å². The topological polar surface area (TPSA) is 83.1 Å². The molecule has 1 atom stereocenters. The second-order valence-electron chi connectivity index (χ2n) is 7.11. The Morgan fingerprint density at radius 3 is 2.55 bits per heavy atom. The second-order valence-corrected chi connectivity index (χ2v) is 10.5. The minimum Gasteiger partial charge on any atom is -0.513 e. The number of allylic oxidation sites excluding steroid dienone is 1. The number of nitrogens with zero attached hydrogens (tertiary/aromatic N) is 1. The molecular formula is C24H20N2O3S2. The van der Waals surface area contributed by atoms with E-state index in [1.165, 1.54) is 0 Å². The van der Waals surface area contributed by atoms with E-state index < -0.39 is 15.8 Å². The van der Waals surface area contributed by atoms with Gasteiger partial charge in [-0.25, -0.2) is 13.4 Å². The van der Waals surface area contributed by atoms with Crippen LogP contribution in [0, 0.1) is 17.8 Å². The fraction of sp³-hybridized carbons (Fsp3) is 0.125. The smallest absolute Gasteiger partial charge is 0.188 e. The first-order valence-electron chi connectivity index (χ1n) is 9.62. The Labute approximate surface area is 185 Å². The molecule has 0 aliphatic carbocycles. The van der Waals surface area contributed by atoms with E-state index >= 15 is 0 Å². The predicted molar refractivity (Wildman–Crippen MR) is 124 cm³/mol. The number of hydrogen-bond acceptors (Lipinski definition) is 5. The molecule has 0 bridgehead atoms.